The number of aliphatic carboxylic acids is 1. The summed E-state index contributed by atoms with van der Waals surface area (Å²) in [5, 5.41) is 9.08. The summed E-state index contributed by atoms with van der Waals surface area (Å²) in [4.78, 5) is 40.2. The number of rotatable bonds is 4. The maximum Gasteiger partial charge on any atom is 0.306 e. The third kappa shape index (κ3) is 4.22. The Bertz CT molecular complexity index is 801. The van der Waals surface area contributed by atoms with Crippen molar-refractivity contribution in [1.29, 1.82) is 0 Å². The number of thioether (sulfide) groups is 1. The van der Waals surface area contributed by atoms with Crippen LogP contribution in [-0.2, 0) is 14.4 Å². The van der Waals surface area contributed by atoms with E-state index in [9.17, 15) is 14.4 Å². The summed E-state index contributed by atoms with van der Waals surface area (Å²) in [6.45, 7) is 2.44. The van der Waals surface area contributed by atoms with Crippen LogP contribution in [0.15, 0.2) is 35.2 Å². The predicted molar refractivity (Wildman–Crippen MR) is 108 cm³/mol. The van der Waals surface area contributed by atoms with Gasteiger partial charge in [0.1, 0.15) is 10.4 Å². The fourth-order valence-electron chi connectivity index (χ4n) is 3.24. The number of thiocarbonyl (C=S) groups is 1. The highest BCUT2D eigenvalue weighted by atomic mass is 32.2. The first kappa shape index (κ1) is 19.6. The molecule has 3 rings (SSSR count). The molecule has 142 valence electrons. The van der Waals surface area contributed by atoms with Crippen LogP contribution in [0.3, 0.4) is 0 Å². The second-order valence-electron chi connectivity index (χ2n) is 6.58. The van der Waals surface area contributed by atoms with Gasteiger partial charge >= 0.3 is 5.97 Å². The van der Waals surface area contributed by atoms with Crippen molar-refractivity contribution in [2.45, 2.75) is 25.8 Å². The van der Waals surface area contributed by atoms with E-state index in [4.69, 9.17) is 17.3 Å². The summed E-state index contributed by atoms with van der Waals surface area (Å²) in [5.41, 5.74) is 0.896. The molecule has 8 heteroatoms. The number of amides is 2. The van der Waals surface area contributed by atoms with Crippen molar-refractivity contribution in [2.24, 2.45) is 5.92 Å². The van der Waals surface area contributed by atoms with Crippen molar-refractivity contribution in [1.82, 2.24) is 9.80 Å². The number of carboxylic acids is 1. The lowest BCUT2D eigenvalue weighted by molar-refractivity contribution is -0.147. The van der Waals surface area contributed by atoms with Gasteiger partial charge in [-0.15, -0.1) is 0 Å². The Labute approximate surface area is 167 Å². The third-order valence-corrected chi connectivity index (χ3v) is 6.15. The van der Waals surface area contributed by atoms with Gasteiger partial charge in [0.25, 0.3) is 5.91 Å². The standard InChI is InChI=1S/C19H20N2O4S2/c1-12(16(22)20-9-7-14(8-10-20)18(24)25)21-17(23)15(27-19(21)26)11-13-5-3-2-4-6-13/h2-6,11-12,14H,7-10H2,1H3,(H,24,25)/b15-11+/t12-/m1/s1. The minimum Gasteiger partial charge on any atom is -0.481 e. The van der Waals surface area contributed by atoms with Gasteiger partial charge in [0.05, 0.1) is 10.8 Å². The molecule has 6 nitrogen and oxygen atoms in total. The SMILES string of the molecule is C[C@H](C(=O)N1CCC(C(=O)O)CC1)N1C(=O)/C(=C\c2ccccc2)SC1=S. The van der Waals surface area contributed by atoms with Gasteiger partial charge in [-0.2, -0.15) is 0 Å². The molecule has 0 saturated carbocycles. The second-order valence-corrected chi connectivity index (χ2v) is 8.25. The van der Waals surface area contributed by atoms with E-state index in [1.807, 2.05) is 30.3 Å². The molecule has 0 aliphatic carbocycles. The van der Waals surface area contributed by atoms with Crippen LogP contribution in [0.1, 0.15) is 25.3 Å². The van der Waals surface area contributed by atoms with Crippen molar-refractivity contribution in [3.05, 3.63) is 40.8 Å². The van der Waals surface area contributed by atoms with E-state index in [2.05, 4.69) is 0 Å². The number of benzene rings is 1. The van der Waals surface area contributed by atoms with Crippen LogP contribution < -0.4 is 0 Å². The summed E-state index contributed by atoms with van der Waals surface area (Å²) < 4.78 is 0.364. The van der Waals surface area contributed by atoms with Crippen molar-refractivity contribution < 1.29 is 19.5 Å². The van der Waals surface area contributed by atoms with Gasteiger partial charge in [-0.1, -0.05) is 54.3 Å². The third-order valence-electron chi connectivity index (χ3n) is 4.82. The molecular formula is C19H20N2O4S2. The van der Waals surface area contributed by atoms with Crippen molar-refractivity contribution in [3.8, 4) is 0 Å². The first-order chi connectivity index (χ1) is 12.9. The molecule has 2 amide bonds. The molecule has 0 unspecified atom stereocenters. The summed E-state index contributed by atoms with van der Waals surface area (Å²) in [6, 6.07) is 8.76. The Morgan fingerprint density at radius 2 is 1.89 bits per heavy atom. The molecule has 1 aromatic carbocycles. The maximum absolute atomic E-state index is 12.8. The Morgan fingerprint density at radius 1 is 1.26 bits per heavy atom. The van der Waals surface area contributed by atoms with Crippen LogP contribution in [0.2, 0.25) is 0 Å². The molecule has 2 heterocycles. The molecule has 2 fully saturated rings. The molecule has 1 N–H and O–H groups in total. The molecule has 27 heavy (non-hydrogen) atoms. The Morgan fingerprint density at radius 3 is 2.48 bits per heavy atom. The number of nitrogens with zero attached hydrogens (tertiary/aromatic N) is 2. The van der Waals surface area contributed by atoms with E-state index in [1.54, 1.807) is 17.9 Å². The van der Waals surface area contributed by atoms with Crippen molar-refractivity contribution in [3.63, 3.8) is 0 Å². The summed E-state index contributed by atoms with van der Waals surface area (Å²) in [5.74, 6) is -1.70. The Hall–Kier alpha value is -2.19. The lowest BCUT2D eigenvalue weighted by Crippen LogP contribution is -2.51. The minimum absolute atomic E-state index is 0.198. The zero-order valence-electron chi connectivity index (χ0n) is 14.8. The molecule has 1 aromatic rings. The molecule has 2 aliphatic heterocycles. The molecule has 2 saturated heterocycles. The molecule has 0 spiro atoms. The minimum atomic E-state index is -0.821. The average Bonchev–Trinajstić information content (AvgIpc) is 2.94. The predicted octanol–water partition coefficient (Wildman–Crippen LogP) is 2.60. The normalized spacial score (nSPS) is 21.0. The lowest BCUT2D eigenvalue weighted by atomic mass is 9.96. The van der Waals surface area contributed by atoms with Crippen LogP contribution in [0.4, 0.5) is 0 Å². The van der Waals surface area contributed by atoms with E-state index in [-0.39, 0.29) is 11.8 Å². The average molecular weight is 405 g/mol. The summed E-state index contributed by atoms with van der Waals surface area (Å²) >= 11 is 6.53. The Kier molecular flexibility index (Phi) is 5.96. The van der Waals surface area contributed by atoms with Crippen LogP contribution >= 0.6 is 24.0 Å². The fraction of sp³-hybridized carbons (Fsp3) is 0.368. The number of carbonyl (C=O) groups is 3. The molecule has 0 radical (unpaired) electrons. The molecule has 0 aromatic heterocycles. The van der Waals surface area contributed by atoms with Crippen LogP contribution in [0.5, 0.6) is 0 Å². The molecular weight excluding hydrogens is 384 g/mol. The fourth-order valence-corrected chi connectivity index (χ4v) is 4.65. The highest BCUT2D eigenvalue weighted by Gasteiger charge is 2.40. The van der Waals surface area contributed by atoms with Crippen molar-refractivity contribution >= 4 is 52.2 Å². The highest BCUT2D eigenvalue weighted by Crippen LogP contribution is 2.34. The number of carbonyl (C=O) groups excluding carboxylic acids is 2. The summed E-state index contributed by atoms with van der Waals surface area (Å²) in [6.07, 6.45) is 2.63. The Balaban J connectivity index is 1.69. The highest BCUT2D eigenvalue weighted by molar-refractivity contribution is 8.26. The number of piperidine rings is 1. The molecule has 1 atom stereocenters. The molecule has 2 aliphatic rings. The van der Waals surface area contributed by atoms with Gasteiger partial charge in [-0.25, -0.2) is 0 Å². The van der Waals surface area contributed by atoms with Gasteiger partial charge in [0.2, 0.25) is 5.91 Å². The first-order valence-corrected chi connectivity index (χ1v) is 9.94. The number of likely N-dealkylation sites (tertiary alicyclic amines) is 1. The van der Waals surface area contributed by atoms with Gasteiger partial charge in [0, 0.05) is 13.1 Å². The van der Waals surface area contributed by atoms with E-state index in [0.29, 0.717) is 35.2 Å². The van der Waals surface area contributed by atoms with Crippen LogP contribution in [0.25, 0.3) is 6.08 Å². The van der Waals surface area contributed by atoms with E-state index in [0.717, 1.165) is 5.56 Å². The topological polar surface area (TPSA) is 77.9 Å². The zero-order chi connectivity index (χ0) is 19.6. The van der Waals surface area contributed by atoms with Crippen LogP contribution in [0, 0.1) is 5.92 Å². The number of hydrogen-bond donors (Lipinski definition) is 1. The second kappa shape index (κ2) is 8.22. The monoisotopic (exact) mass is 404 g/mol. The van der Waals surface area contributed by atoms with E-state index >= 15 is 0 Å². The maximum atomic E-state index is 12.8. The molecule has 0 bridgehead atoms. The zero-order valence-corrected chi connectivity index (χ0v) is 16.5. The van der Waals surface area contributed by atoms with E-state index < -0.39 is 17.9 Å². The smallest absolute Gasteiger partial charge is 0.306 e. The van der Waals surface area contributed by atoms with Gasteiger partial charge in [-0.05, 0) is 31.4 Å². The number of hydrogen-bond acceptors (Lipinski definition) is 5. The summed E-state index contributed by atoms with van der Waals surface area (Å²) in [7, 11) is 0. The quantitative estimate of drug-likeness (QED) is 0.614. The van der Waals surface area contributed by atoms with Gasteiger partial charge in [-0.3, -0.25) is 19.3 Å². The van der Waals surface area contributed by atoms with Crippen LogP contribution in [-0.4, -0.2) is 56.1 Å². The van der Waals surface area contributed by atoms with Crippen molar-refractivity contribution in [2.75, 3.05) is 13.1 Å². The van der Waals surface area contributed by atoms with Gasteiger partial charge in [0.15, 0.2) is 0 Å². The van der Waals surface area contributed by atoms with Gasteiger partial charge < -0.3 is 10.0 Å². The largest absolute Gasteiger partial charge is 0.481 e. The van der Waals surface area contributed by atoms with E-state index in [1.165, 1.54) is 16.7 Å². The first-order valence-electron chi connectivity index (χ1n) is 8.72. The number of carboxylic acid groups (broad SMARTS) is 1. The lowest BCUT2D eigenvalue weighted by Gasteiger charge is -2.34.